The number of likely N-dealkylation sites (tertiary alicyclic amines) is 1. The summed E-state index contributed by atoms with van der Waals surface area (Å²) >= 11 is 8.97. The van der Waals surface area contributed by atoms with Crippen molar-refractivity contribution in [3.63, 3.8) is 0 Å². The summed E-state index contributed by atoms with van der Waals surface area (Å²) < 4.78 is 0.0747. The summed E-state index contributed by atoms with van der Waals surface area (Å²) in [7, 11) is 0. The normalized spacial score (nSPS) is 20.9. The fourth-order valence-corrected chi connectivity index (χ4v) is 3.79. The Labute approximate surface area is 113 Å². The van der Waals surface area contributed by atoms with Crippen LogP contribution in [-0.4, -0.2) is 52.5 Å². The molecule has 0 atom stereocenters. The molecule has 1 aliphatic heterocycles. The molecule has 1 saturated heterocycles. The Hall–Kier alpha value is 0.550. The molecule has 1 heterocycles. The number of nitrogens with two attached hydrogens (primary N) is 1. The van der Waals surface area contributed by atoms with E-state index in [9.17, 15) is 0 Å². The van der Waals surface area contributed by atoms with E-state index in [1.54, 1.807) is 0 Å². The third-order valence-electron chi connectivity index (χ3n) is 3.33. The molecule has 2 N–H and O–H groups in total. The second-order valence-electron chi connectivity index (χ2n) is 4.25. The van der Waals surface area contributed by atoms with Crippen LogP contribution in [0.15, 0.2) is 0 Å². The predicted octanol–water partition coefficient (Wildman–Crippen LogP) is 2.22. The Morgan fingerprint density at radius 1 is 1.38 bits per heavy atom. The molecule has 0 amide bonds. The highest BCUT2D eigenvalue weighted by molar-refractivity contribution is 8.02. The molecule has 0 spiro atoms. The summed E-state index contributed by atoms with van der Waals surface area (Å²) in [6, 6.07) is 0. The molecule has 0 aromatic carbocycles. The van der Waals surface area contributed by atoms with Crippen molar-refractivity contribution in [3.05, 3.63) is 0 Å². The monoisotopic (exact) mass is 278 g/mol. The minimum absolute atomic E-state index is 0.0747. The second-order valence-corrected chi connectivity index (χ2v) is 6.87. The summed E-state index contributed by atoms with van der Waals surface area (Å²) in [5.74, 6) is 1.26. The number of rotatable bonds is 6. The highest BCUT2D eigenvalue weighted by Gasteiger charge is 2.36. The number of thioether (sulfide) groups is 2. The van der Waals surface area contributed by atoms with Crippen molar-refractivity contribution in [2.75, 3.05) is 37.9 Å². The predicted molar refractivity (Wildman–Crippen MR) is 81.7 cm³/mol. The zero-order valence-corrected chi connectivity index (χ0v) is 12.6. The lowest BCUT2D eigenvalue weighted by Gasteiger charge is -2.40. The first-order valence-corrected chi connectivity index (χ1v) is 8.73. The fourth-order valence-electron chi connectivity index (χ4n) is 2.12. The average molecular weight is 279 g/mol. The van der Waals surface area contributed by atoms with Gasteiger partial charge in [0.15, 0.2) is 0 Å². The van der Waals surface area contributed by atoms with Crippen LogP contribution in [0.2, 0.25) is 0 Å². The van der Waals surface area contributed by atoms with Crippen molar-refractivity contribution in [3.8, 4) is 0 Å². The highest BCUT2D eigenvalue weighted by Crippen LogP contribution is 2.34. The highest BCUT2D eigenvalue weighted by atomic mass is 32.2. The zero-order valence-electron chi connectivity index (χ0n) is 10.2. The lowest BCUT2D eigenvalue weighted by atomic mass is 9.95. The van der Waals surface area contributed by atoms with Crippen LogP contribution in [0, 0.1) is 0 Å². The quantitative estimate of drug-likeness (QED) is 0.594. The molecule has 0 unspecified atom stereocenters. The lowest BCUT2D eigenvalue weighted by molar-refractivity contribution is 0.221. The Bertz CT molecular complexity index is 225. The van der Waals surface area contributed by atoms with E-state index in [-0.39, 0.29) is 4.75 Å². The first-order valence-electron chi connectivity index (χ1n) is 5.71. The smallest absolute Gasteiger partial charge is 0.0891 e. The van der Waals surface area contributed by atoms with Crippen LogP contribution < -0.4 is 5.73 Å². The second kappa shape index (κ2) is 7.09. The van der Waals surface area contributed by atoms with E-state index in [1.165, 1.54) is 18.7 Å². The van der Waals surface area contributed by atoms with Gasteiger partial charge in [0.25, 0.3) is 0 Å². The molecule has 0 radical (unpaired) electrons. The van der Waals surface area contributed by atoms with Crippen molar-refractivity contribution in [2.45, 2.75) is 24.0 Å². The molecule has 0 saturated carbocycles. The lowest BCUT2D eigenvalue weighted by Crippen LogP contribution is -2.49. The van der Waals surface area contributed by atoms with E-state index < -0.39 is 0 Å². The van der Waals surface area contributed by atoms with E-state index in [4.69, 9.17) is 18.0 Å². The molecular formula is C11H22N2S3. The number of hydrogen-bond donors (Lipinski definition) is 1. The molecule has 1 rings (SSSR count). The van der Waals surface area contributed by atoms with Crippen LogP contribution in [0.3, 0.4) is 0 Å². The first kappa shape index (κ1) is 14.6. The molecule has 5 heteroatoms. The van der Waals surface area contributed by atoms with Crippen LogP contribution in [0.4, 0.5) is 0 Å². The maximum atomic E-state index is 5.87. The number of hydrogen-bond acceptors (Lipinski definition) is 4. The topological polar surface area (TPSA) is 29.3 Å². The molecule has 0 bridgehead atoms. The summed E-state index contributed by atoms with van der Waals surface area (Å²) in [5.41, 5.74) is 5.87. The molecule has 0 aromatic rings. The largest absolute Gasteiger partial charge is 0.392 e. The van der Waals surface area contributed by atoms with Crippen LogP contribution in [0.1, 0.15) is 19.3 Å². The van der Waals surface area contributed by atoms with Gasteiger partial charge in [-0.15, -0.1) is 0 Å². The van der Waals surface area contributed by atoms with Crippen LogP contribution in [-0.2, 0) is 0 Å². The Morgan fingerprint density at radius 3 is 2.44 bits per heavy atom. The van der Waals surface area contributed by atoms with Gasteiger partial charge in [0.2, 0.25) is 0 Å². The molecule has 2 nitrogen and oxygen atoms in total. The van der Waals surface area contributed by atoms with Crippen molar-refractivity contribution < 1.29 is 0 Å². The maximum absolute atomic E-state index is 5.87. The first-order chi connectivity index (χ1) is 7.64. The molecule has 0 aliphatic carbocycles. The van der Waals surface area contributed by atoms with Crippen molar-refractivity contribution in [2.24, 2.45) is 5.73 Å². The summed E-state index contributed by atoms with van der Waals surface area (Å²) in [5, 5.41) is 0. The average Bonchev–Trinajstić information content (AvgIpc) is 2.30. The van der Waals surface area contributed by atoms with E-state index in [0.29, 0.717) is 4.99 Å². The van der Waals surface area contributed by atoms with Gasteiger partial charge in [-0.2, -0.15) is 23.5 Å². The molecule has 0 aromatic heterocycles. The summed E-state index contributed by atoms with van der Waals surface area (Å²) in [6.45, 7) is 3.52. The van der Waals surface area contributed by atoms with E-state index in [2.05, 4.69) is 17.4 Å². The van der Waals surface area contributed by atoms with Gasteiger partial charge >= 0.3 is 0 Å². The van der Waals surface area contributed by atoms with Crippen molar-refractivity contribution in [1.82, 2.24) is 4.90 Å². The third kappa shape index (κ3) is 3.79. The van der Waals surface area contributed by atoms with Crippen LogP contribution >= 0.6 is 35.7 Å². The molecule has 1 aliphatic rings. The van der Waals surface area contributed by atoms with Gasteiger partial charge in [0, 0.05) is 0 Å². The van der Waals surface area contributed by atoms with Gasteiger partial charge in [-0.25, -0.2) is 0 Å². The SMILES string of the molecule is CSCCCN1CCC(SC)(C(N)=S)CC1. The van der Waals surface area contributed by atoms with Crippen molar-refractivity contribution in [1.29, 1.82) is 0 Å². The van der Waals surface area contributed by atoms with Crippen LogP contribution in [0.5, 0.6) is 0 Å². The molecule has 1 fully saturated rings. The van der Waals surface area contributed by atoms with Crippen molar-refractivity contribution >= 4 is 40.7 Å². The summed E-state index contributed by atoms with van der Waals surface area (Å²) in [4.78, 5) is 3.24. The van der Waals surface area contributed by atoms with E-state index in [0.717, 1.165) is 25.9 Å². The molecular weight excluding hydrogens is 256 g/mol. The zero-order chi connectivity index (χ0) is 12.0. The van der Waals surface area contributed by atoms with Crippen LogP contribution in [0.25, 0.3) is 0 Å². The number of thiocarbonyl (C=S) groups is 1. The Morgan fingerprint density at radius 2 is 2.00 bits per heavy atom. The molecule has 94 valence electrons. The maximum Gasteiger partial charge on any atom is 0.0891 e. The van der Waals surface area contributed by atoms with E-state index >= 15 is 0 Å². The Balaban J connectivity index is 2.35. The minimum atomic E-state index is 0.0747. The van der Waals surface area contributed by atoms with E-state index in [1.807, 2.05) is 23.5 Å². The fraction of sp³-hybridized carbons (Fsp3) is 0.909. The van der Waals surface area contributed by atoms with Gasteiger partial charge < -0.3 is 10.6 Å². The molecule has 16 heavy (non-hydrogen) atoms. The van der Waals surface area contributed by atoms with Gasteiger partial charge in [0.05, 0.1) is 9.74 Å². The number of piperidine rings is 1. The van der Waals surface area contributed by atoms with Gasteiger partial charge in [-0.05, 0) is 57.2 Å². The van der Waals surface area contributed by atoms with Gasteiger partial charge in [0.1, 0.15) is 0 Å². The third-order valence-corrected chi connectivity index (χ3v) is 5.95. The minimum Gasteiger partial charge on any atom is -0.392 e. The summed E-state index contributed by atoms with van der Waals surface area (Å²) in [6.07, 6.45) is 7.82. The van der Waals surface area contributed by atoms with Gasteiger partial charge in [-0.3, -0.25) is 0 Å². The number of nitrogens with zero attached hydrogens (tertiary/aromatic N) is 1. The standard InChI is InChI=1S/C11H22N2S3/c1-15-9-3-6-13-7-4-11(16-2,5-8-13)10(12)14/h3-9H2,1-2H3,(H2,12,14). The Kier molecular flexibility index (Phi) is 6.47. The van der Waals surface area contributed by atoms with Gasteiger partial charge in [-0.1, -0.05) is 12.2 Å².